The molecule has 1 aliphatic rings. The lowest BCUT2D eigenvalue weighted by molar-refractivity contribution is 0.456. The quantitative estimate of drug-likeness (QED) is 0.892. The number of rotatable bonds is 4. The normalized spacial score (nSPS) is 18.5. The van der Waals surface area contributed by atoms with Gasteiger partial charge in [0.1, 0.15) is 11.6 Å². The minimum absolute atomic E-state index is 0.155. The molecule has 0 bridgehead atoms. The Hall–Kier alpha value is -1.39. The summed E-state index contributed by atoms with van der Waals surface area (Å²) in [6.45, 7) is 2.70. The van der Waals surface area contributed by atoms with Gasteiger partial charge >= 0.3 is 0 Å². The second-order valence-corrected chi connectivity index (χ2v) is 6.22. The third-order valence-electron chi connectivity index (χ3n) is 3.86. The largest absolute Gasteiger partial charge is 0.310 e. The van der Waals surface area contributed by atoms with Crippen LogP contribution in [0.25, 0.3) is 0 Å². The van der Waals surface area contributed by atoms with Gasteiger partial charge in [0.05, 0.1) is 0 Å². The van der Waals surface area contributed by atoms with Crippen LogP contribution in [0.15, 0.2) is 47.4 Å². The van der Waals surface area contributed by atoms with Crippen LogP contribution in [0.2, 0.25) is 0 Å². The van der Waals surface area contributed by atoms with E-state index in [2.05, 4.69) is 17.4 Å². The van der Waals surface area contributed by atoms with Crippen LogP contribution in [0.1, 0.15) is 30.0 Å². The highest BCUT2D eigenvalue weighted by Crippen LogP contribution is 2.45. The van der Waals surface area contributed by atoms with Crippen molar-refractivity contribution in [3.63, 3.8) is 0 Å². The SMILES string of the molecule is CCNC(c1cc(F)ccc1F)C1CSc2ccccc21. The van der Waals surface area contributed by atoms with Gasteiger partial charge < -0.3 is 5.32 Å². The zero-order valence-corrected chi connectivity index (χ0v) is 12.6. The van der Waals surface area contributed by atoms with Crippen molar-refractivity contribution in [2.45, 2.75) is 23.8 Å². The van der Waals surface area contributed by atoms with Gasteiger partial charge in [0, 0.05) is 28.2 Å². The molecule has 0 radical (unpaired) electrons. The van der Waals surface area contributed by atoms with Crippen molar-refractivity contribution in [3.8, 4) is 0 Å². The summed E-state index contributed by atoms with van der Waals surface area (Å²) < 4.78 is 27.7. The van der Waals surface area contributed by atoms with Crippen molar-refractivity contribution >= 4 is 11.8 Å². The van der Waals surface area contributed by atoms with Crippen molar-refractivity contribution in [1.29, 1.82) is 0 Å². The molecule has 2 aromatic carbocycles. The highest BCUT2D eigenvalue weighted by Gasteiger charge is 2.32. The first kappa shape index (κ1) is 14.5. The lowest BCUT2D eigenvalue weighted by Gasteiger charge is -2.25. The van der Waals surface area contributed by atoms with Crippen LogP contribution in [0.4, 0.5) is 8.78 Å². The van der Waals surface area contributed by atoms with Gasteiger partial charge in [0.15, 0.2) is 0 Å². The predicted molar refractivity (Wildman–Crippen MR) is 82.7 cm³/mol. The average Bonchev–Trinajstić information content (AvgIpc) is 2.91. The molecule has 0 saturated carbocycles. The molecule has 0 aliphatic carbocycles. The van der Waals surface area contributed by atoms with Gasteiger partial charge in [-0.05, 0) is 36.4 Å². The molecule has 21 heavy (non-hydrogen) atoms. The zero-order valence-electron chi connectivity index (χ0n) is 11.8. The monoisotopic (exact) mass is 305 g/mol. The number of benzene rings is 2. The Morgan fingerprint density at radius 2 is 2.05 bits per heavy atom. The van der Waals surface area contributed by atoms with Gasteiger partial charge in [-0.15, -0.1) is 11.8 Å². The van der Waals surface area contributed by atoms with Crippen LogP contribution in [0.3, 0.4) is 0 Å². The molecule has 2 atom stereocenters. The van der Waals surface area contributed by atoms with Gasteiger partial charge in [-0.2, -0.15) is 0 Å². The minimum atomic E-state index is -0.395. The Balaban J connectivity index is 2.01. The van der Waals surface area contributed by atoms with E-state index in [9.17, 15) is 8.78 Å². The van der Waals surface area contributed by atoms with Crippen molar-refractivity contribution in [1.82, 2.24) is 5.32 Å². The topological polar surface area (TPSA) is 12.0 Å². The Morgan fingerprint density at radius 3 is 2.86 bits per heavy atom. The number of likely N-dealkylation sites (N-methyl/N-ethyl adjacent to an activating group) is 1. The predicted octanol–water partition coefficient (Wildman–Crippen LogP) is 4.50. The highest BCUT2D eigenvalue weighted by molar-refractivity contribution is 7.99. The van der Waals surface area contributed by atoms with Crippen molar-refractivity contribution in [2.24, 2.45) is 0 Å². The summed E-state index contributed by atoms with van der Waals surface area (Å²) in [6.07, 6.45) is 0. The molecule has 1 aliphatic heterocycles. The molecule has 1 heterocycles. The zero-order chi connectivity index (χ0) is 14.8. The van der Waals surface area contributed by atoms with Crippen LogP contribution in [-0.4, -0.2) is 12.3 Å². The van der Waals surface area contributed by atoms with Crippen molar-refractivity contribution < 1.29 is 8.78 Å². The van der Waals surface area contributed by atoms with Gasteiger partial charge in [0.2, 0.25) is 0 Å². The minimum Gasteiger partial charge on any atom is -0.310 e. The third-order valence-corrected chi connectivity index (χ3v) is 5.06. The second kappa shape index (κ2) is 6.16. The highest BCUT2D eigenvalue weighted by atomic mass is 32.2. The lowest BCUT2D eigenvalue weighted by atomic mass is 9.88. The average molecular weight is 305 g/mol. The number of halogens is 2. The second-order valence-electron chi connectivity index (χ2n) is 5.16. The van der Waals surface area contributed by atoms with E-state index in [-0.39, 0.29) is 17.8 Å². The smallest absolute Gasteiger partial charge is 0.128 e. The van der Waals surface area contributed by atoms with Crippen LogP contribution < -0.4 is 5.32 Å². The first-order chi connectivity index (χ1) is 10.2. The van der Waals surface area contributed by atoms with Crippen LogP contribution in [-0.2, 0) is 0 Å². The summed E-state index contributed by atoms with van der Waals surface area (Å²) in [5.74, 6) is 0.292. The first-order valence-electron chi connectivity index (χ1n) is 7.10. The van der Waals surface area contributed by atoms with E-state index in [1.807, 2.05) is 19.1 Å². The fourth-order valence-electron chi connectivity index (χ4n) is 2.91. The van der Waals surface area contributed by atoms with E-state index in [4.69, 9.17) is 0 Å². The Kier molecular flexibility index (Phi) is 4.27. The number of hydrogen-bond acceptors (Lipinski definition) is 2. The van der Waals surface area contributed by atoms with Crippen LogP contribution in [0, 0.1) is 11.6 Å². The molecule has 4 heteroatoms. The summed E-state index contributed by atoms with van der Waals surface area (Å²) in [6, 6.07) is 11.7. The van der Waals surface area contributed by atoms with E-state index < -0.39 is 5.82 Å². The van der Waals surface area contributed by atoms with E-state index in [0.717, 1.165) is 5.75 Å². The van der Waals surface area contributed by atoms with Gasteiger partial charge in [-0.3, -0.25) is 0 Å². The standard InChI is InChI=1S/C17H17F2NS/c1-2-20-17(13-9-11(18)7-8-15(13)19)14-10-21-16-6-4-3-5-12(14)16/h3-9,14,17,20H,2,10H2,1H3. The van der Waals surface area contributed by atoms with E-state index >= 15 is 0 Å². The number of fused-ring (bicyclic) bond motifs is 1. The van der Waals surface area contributed by atoms with E-state index in [1.165, 1.54) is 28.7 Å². The Labute approximate surface area is 127 Å². The molecule has 2 aromatic rings. The molecule has 0 aromatic heterocycles. The summed E-state index contributed by atoms with van der Waals surface area (Å²) in [5, 5.41) is 3.33. The molecule has 110 valence electrons. The molecule has 0 fully saturated rings. The van der Waals surface area contributed by atoms with Crippen LogP contribution in [0.5, 0.6) is 0 Å². The summed E-state index contributed by atoms with van der Waals surface area (Å²) >= 11 is 1.78. The maximum absolute atomic E-state index is 14.2. The third kappa shape index (κ3) is 2.83. The molecule has 1 N–H and O–H groups in total. The van der Waals surface area contributed by atoms with Gasteiger partial charge in [-0.1, -0.05) is 25.1 Å². The number of thioether (sulfide) groups is 1. The molecule has 0 amide bonds. The lowest BCUT2D eigenvalue weighted by Crippen LogP contribution is -2.28. The molecular formula is C17H17F2NS. The summed E-state index contributed by atoms with van der Waals surface area (Å²) in [7, 11) is 0. The van der Waals surface area contributed by atoms with E-state index in [0.29, 0.717) is 12.1 Å². The number of hydrogen-bond donors (Lipinski definition) is 1. The Bertz CT molecular complexity index is 644. The van der Waals surface area contributed by atoms with Crippen molar-refractivity contribution in [3.05, 3.63) is 65.2 Å². The molecule has 3 rings (SSSR count). The first-order valence-corrected chi connectivity index (χ1v) is 8.09. The summed E-state index contributed by atoms with van der Waals surface area (Å²) in [5.41, 5.74) is 1.64. The fraction of sp³-hybridized carbons (Fsp3) is 0.294. The number of nitrogens with one attached hydrogen (secondary N) is 1. The van der Waals surface area contributed by atoms with Crippen LogP contribution >= 0.6 is 11.8 Å². The van der Waals surface area contributed by atoms with Gasteiger partial charge in [-0.25, -0.2) is 8.78 Å². The fourth-order valence-corrected chi connectivity index (χ4v) is 4.20. The van der Waals surface area contributed by atoms with Gasteiger partial charge in [0.25, 0.3) is 0 Å². The molecule has 1 nitrogen and oxygen atoms in total. The summed E-state index contributed by atoms with van der Waals surface area (Å²) in [4.78, 5) is 1.24. The molecule has 0 saturated heterocycles. The molecule has 2 unspecified atom stereocenters. The van der Waals surface area contributed by atoms with E-state index in [1.54, 1.807) is 11.8 Å². The maximum atomic E-state index is 14.2. The molecule has 0 spiro atoms. The maximum Gasteiger partial charge on any atom is 0.128 e. The Morgan fingerprint density at radius 1 is 1.24 bits per heavy atom. The van der Waals surface area contributed by atoms with Crippen molar-refractivity contribution in [2.75, 3.05) is 12.3 Å². The molecular weight excluding hydrogens is 288 g/mol.